The van der Waals surface area contributed by atoms with Crippen molar-refractivity contribution in [1.29, 1.82) is 0 Å². The lowest BCUT2D eigenvalue weighted by atomic mass is 10.2. The van der Waals surface area contributed by atoms with Crippen LogP contribution in [0.15, 0.2) is 53.7 Å². The van der Waals surface area contributed by atoms with Crippen molar-refractivity contribution in [3.8, 4) is 0 Å². The smallest absolute Gasteiger partial charge is 0.170 e. The average Bonchev–Trinajstić information content (AvgIpc) is 2.46. The van der Waals surface area contributed by atoms with Crippen LogP contribution < -0.4 is 4.90 Å². The Kier molecular flexibility index (Phi) is 4.91. The van der Waals surface area contributed by atoms with Crippen LogP contribution >= 0.6 is 11.6 Å². The van der Waals surface area contributed by atoms with E-state index < -0.39 is 0 Å². The summed E-state index contributed by atoms with van der Waals surface area (Å²) in [6, 6.07) is 11.8. The Morgan fingerprint density at radius 1 is 1.15 bits per heavy atom. The zero-order valence-corrected chi connectivity index (χ0v) is 12.2. The molecule has 0 aliphatic rings. The fourth-order valence-corrected chi connectivity index (χ4v) is 1.79. The molecule has 0 amide bonds. The molecule has 1 aromatic heterocycles. The number of aromatic nitrogens is 1. The lowest BCUT2D eigenvalue weighted by Crippen LogP contribution is -2.07. The van der Waals surface area contributed by atoms with Crippen LogP contribution in [0.1, 0.15) is 5.56 Å². The summed E-state index contributed by atoms with van der Waals surface area (Å²) in [4.78, 5) is 10.4. The van der Waals surface area contributed by atoms with Crippen molar-refractivity contribution in [2.24, 2.45) is 4.99 Å². The van der Waals surface area contributed by atoms with Crippen LogP contribution in [0.4, 0.5) is 11.5 Å². The summed E-state index contributed by atoms with van der Waals surface area (Å²) in [5, 5.41) is 0.549. The van der Waals surface area contributed by atoms with Crippen molar-refractivity contribution >= 4 is 35.4 Å². The molecule has 0 aliphatic heterocycles. The molecule has 2 aromatic rings. The van der Waals surface area contributed by atoms with E-state index in [1.807, 2.05) is 26.2 Å². The predicted octanol–water partition coefficient (Wildman–Crippen LogP) is 4.22. The van der Waals surface area contributed by atoms with E-state index in [0.29, 0.717) is 10.8 Å². The normalized spacial score (nSPS) is 11.3. The zero-order valence-electron chi connectivity index (χ0n) is 11.5. The summed E-state index contributed by atoms with van der Waals surface area (Å²) in [6.45, 7) is 0. The SMILES string of the molecule is CN(C)c1ccc(/C=C/C=N/c2ncccc2Cl)cc1. The van der Waals surface area contributed by atoms with Gasteiger partial charge in [0.05, 0.1) is 5.02 Å². The van der Waals surface area contributed by atoms with Gasteiger partial charge in [0, 0.05) is 32.2 Å². The number of hydrogen-bond donors (Lipinski definition) is 0. The molecule has 2 rings (SSSR count). The van der Waals surface area contributed by atoms with Crippen molar-refractivity contribution in [3.63, 3.8) is 0 Å². The summed E-state index contributed by atoms with van der Waals surface area (Å²) in [7, 11) is 4.04. The Hall–Kier alpha value is -2.13. The third-order valence-corrected chi connectivity index (χ3v) is 3.02. The second kappa shape index (κ2) is 6.87. The first-order valence-corrected chi connectivity index (χ1v) is 6.63. The van der Waals surface area contributed by atoms with Gasteiger partial charge in [0.15, 0.2) is 5.82 Å². The Morgan fingerprint density at radius 2 is 1.90 bits per heavy atom. The highest BCUT2D eigenvalue weighted by Crippen LogP contribution is 2.20. The van der Waals surface area contributed by atoms with Gasteiger partial charge in [-0.1, -0.05) is 29.8 Å². The number of aliphatic imine (C=N–C) groups is 1. The number of hydrogen-bond acceptors (Lipinski definition) is 3. The predicted molar refractivity (Wildman–Crippen MR) is 87.2 cm³/mol. The molecule has 0 bridgehead atoms. The first-order valence-electron chi connectivity index (χ1n) is 6.25. The van der Waals surface area contributed by atoms with Gasteiger partial charge < -0.3 is 4.90 Å². The molecule has 3 nitrogen and oxygen atoms in total. The van der Waals surface area contributed by atoms with Crippen molar-refractivity contribution in [1.82, 2.24) is 4.98 Å². The fraction of sp³-hybridized carbons (Fsp3) is 0.125. The summed E-state index contributed by atoms with van der Waals surface area (Å²) < 4.78 is 0. The van der Waals surface area contributed by atoms with Gasteiger partial charge in [-0.25, -0.2) is 9.98 Å². The van der Waals surface area contributed by atoms with E-state index in [-0.39, 0.29) is 0 Å². The first-order chi connectivity index (χ1) is 9.66. The second-order valence-corrected chi connectivity index (χ2v) is 4.84. The number of benzene rings is 1. The molecule has 0 N–H and O–H groups in total. The minimum atomic E-state index is 0.529. The van der Waals surface area contributed by atoms with E-state index in [2.05, 4.69) is 39.1 Å². The zero-order chi connectivity index (χ0) is 14.4. The van der Waals surface area contributed by atoms with Crippen LogP contribution in [0.5, 0.6) is 0 Å². The maximum atomic E-state index is 5.96. The minimum Gasteiger partial charge on any atom is -0.378 e. The summed E-state index contributed by atoms with van der Waals surface area (Å²) in [5.74, 6) is 0.529. The van der Waals surface area contributed by atoms with Gasteiger partial charge in [0.25, 0.3) is 0 Å². The fourth-order valence-electron chi connectivity index (χ4n) is 1.62. The van der Waals surface area contributed by atoms with Gasteiger partial charge in [-0.2, -0.15) is 0 Å². The van der Waals surface area contributed by atoms with Gasteiger partial charge in [-0.15, -0.1) is 0 Å². The Morgan fingerprint density at radius 3 is 2.55 bits per heavy atom. The molecule has 0 saturated heterocycles. The third kappa shape index (κ3) is 3.93. The van der Waals surface area contributed by atoms with E-state index in [1.54, 1.807) is 24.5 Å². The van der Waals surface area contributed by atoms with Gasteiger partial charge >= 0.3 is 0 Å². The molecule has 0 unspecified atom stereocenters. The second-order valence-electron chi connectivity index (χ2n) is 4.43. The van der Waals surface area contributed by atoms with Crippen LogP contribution in [0.2, 0.25) is 5.02 Å². The monoisotopic (exact) mass is 285 g/mol. The van der Waals surface area contributed by atoms with Gasteiger partial charge in [-0.3, -0.25) is 0 Å². The topological polar surface area (TPSA) is 28.5 Å². The molecule has 0 spiro atoms. The summed E-state index contributed by atoms with van der Waals surface area (Å²) in [5.41, 5.74) is 2.30. The van der Waals surface area contributed by atoms with Crippen LogP contribution in [-0.4, -0.2) is 25.3 Å². The number of pyridine rings is 1. The molecule has 1 heterocycles. The average molecular weight is 286 g/mol. The first kappa shape index (κ1) is 14.3. The van der Waals surface area contributed by atoms with E-state index in [9.17, 15) is 0 Å². The molecule has 102 valence electrons. The van der Waals surface area contributed by atoms with E-state index >= 15 is 0 Å². The molecule has 20 heavy (non-hydrogen) atoms. The lowest BCUT2D eigenvalue weighted by molar-refractivity contribution is 1.13. The van der Waals surface area contributed by atoms with E-state index in [0.717, 1.165) is 5.56 Å². The summed E-state index contributed by atoms with van der Waals surface area (Å²) >= 11 is 5.96. The Labute approximate surface area is 124 Å². The van der Waals surface area contributed by atoms with Gasteiger partial charge in [0.2, 0.25) is 0 Å². The van der Waals surface area contributed by atoms with Gasteiger partial charge in [0.1, 0.15) is 0 Å². The molecule has 0 saturated carbocycles. The molecule has 0 atom stereocenters. The largest absolute Gasteiger partial charge is 0.378 e. The minimum absolute atomic E-state index is 0.529. The van der Waals surface area contributed by atoms with Crippen molar-refractivity contribution in [2.75, 3.05) is 19.0 Å². The van der Waals surface area contributed by atoms with Crippen LogP contribution in [-0.2, 0) is 0 Å². The molecular weight excluding hydrogens is 270 g/mol. The number of nitrogens with zero attached hydrogens (tertiary/aromatic N) is 3. The van der Waals surface area contributed by atoms with Gasteiger partial charge in [-0.05, 0) is 35.9 Å². The molecule has 0 aliphatic carbocycles. The molecule has 0 fully saturated rings. The standard InChI is InChI=1S/C16H16ClN3/c1-20(2)14-9-7-13(8-10-14)5-3-11-18-16-15(17)6-4-12-19-16/h3-12H,1-2H3/b5-3+,18-11+. The maximum Gasteiger partial charge on any atom is 0.170 e. The Bertz CT molecular complexity index is 616. The van der Waals surface area contributed by atoms with Crippen LogP contribution in [0.3, 0.4) is 0 Å². The van der Waals surface area contributed by atoms with Crippen LogP contribution in [0, 0.1) is 0 Å². The number of anilines is 1. The maximum absolute atomic E-state index is 5.96. The molecule has 1 aromatic carbocycles. The molecule has 4 heteroatoms. The number of allylic oxidation sites excluding steroid dienone is 1. The number of halogens is 1. The van der Waals surface area contributed by atoms with Crippen molar-refractivity contribution in [2.45, 2.75) is 0 Å². The lowest BCUT2D eigenvalue weighted by Gasteiger charge is -2.11. The van der Waals surface area contributed by atoms with Crippen LogP contribution in [0.25, 0.3) is 6.08 Å². The number of rotatable bonds is 4. The quantitative estimate of drug-likeness (QED) is 0.787. The molecule has 0 radical (unpaired) electrons. The van der Waals surface area contributed by atoms with E-state index in [1.165, 1.54) is 5.69 Å². The highest BCUT2D eigenvalue weighted by molar-refractivity contribution is 6.32. The highest BCUT2D eigenvalue weighted by atomic mass is 35.5. The highest BCUT2D eigenvalue weighted by Gasteiger charge is 1.95. The Balaban J connectivity index is 2.01. The van der Waals surface area contributed by atoms with Crippen molar-refractivity contribution < 1.29 is 0 Å². The molecular formula is C16H16ClN3. The van der Waals surface area contributed by atoms with E-state index in [4.69, 9.17) is 11.6 Å². The van der Waals surface area contributed by atoms with Crippen molar-refractivity contribution in [3.05, 3.63) is 59.3 Å². The summed E-state index contributed by atoms with van der Waals surface area (Å²) in [6.07, 6.45) is 7.21. The third-order valence-electron chi connectivity index (χ3n) is 2.72.